The number of ether oxygens (including phenoxy) is 4. The third kappa shape index (κ3) is 3.76. The summed E-state index contributed by atoms with van der Waals surface area (Å²) in [6.45, 7) is 7.10. The van der Waals surface area contributed by atoms with Crippen LogP contribution in [0.3, 0.4) is 0 Å². The van der Waals surface area contributed by atoms with Crippen LogP contribution in [0.5, 0.6) is 0 Å². The monoisotopic (exact) mass is 369 g/mol. The fraction of sp³-hybridized carbons (Fsp3) is 0.842. The molecule has 7 heteroatoms. The molecule has 2 N–H and O–H groups in total. The van der Waals surface area contributed by atoms with E-state index < -0.39 is 6.09 Å². The lowest BCUT2D eigenvalue weighted by molar-refractivity contribution is -0.118. The Morgan fingerprint density at radius 3 is 2.77 bits per heavy atom. The molecule has 3 fully saturated rings. The van der Waals surface area contributed by atoms with Gasteiger partial charge < -0.3 is 29.4 Å². The molecule has 6 atom stereocenters. The van der Waals surface area contributed by atoms with Crippen molar-refractivity contribution in [2.45, 2.75) is 63.1 Å². The van der Waals surface area contributed by atoms with Gasteiger partial charge in [-0.25, -0.2) is 4.79 Å². The van der Waals surface area contributed by atoms with Gasteiger partial charge in [-0.15, -0.1) is 0 Å². The zero-order valence-electron chi connectivity index (χ0n) is 16.1. The third-order valence-corrected chi connectivity index (χ3v) is 5.72. The Morgan fingerprint density at radius 1 is 1.46 bits per heavy atom. The number of methoxy groups -OCH3 is 1. The zero-order valence-corrected chi connectivity index (χ0v) is 16.1. The molecule has 7 nitrogen and oxygen atoms in total. The van der Waals surface area contributed by atoms with Gasteiger partial charge in [0.25, 0.3) is 0 Å². The lowest BCUT2D eigenvalue weighted by Crippen LogP contribution is -2.56. The molecule has 0 aromatic rings. The molecule has 2 heterocycles. The van der Waals surface area contributed by atoms with Gasteiger partial charge in [-0.2, -0.15) is 0 Å². The summed E-state index contributed by atoms with van der Waals surface area (Å²) in [6, 6.07) is 0. The fourth-order valence-electron chi connectivity index (χ4n) is 4.28. The number of carbonyl (C=O) groups is 1. The van der Waals surface area contributed by atoms with Crippen molar-refractivity contribution in [3.8, 4) is 0 Å². The summed E-state index contributed by atoms with van der Waals surface area (Å²) in [7, 11) is 1.64. The Bertz CT molecular complexity index is 546. The van der Waals surface area contributed by atoms with Gasteiger partial charge >= 0.3 is 6.09 Å². The summed E-state index contributed by atoms with van der Waals surface area (Å²) >= 11 is 0. The standard InChI is InChI=1S/C19H31NO6/c1-12(2)5-6-14-18(3,26-14)16-15(23-4)13(7-8-19(16)11-24-19)25-17(22)20-9-10-21/h5-6,12-16,21H,7-11H2,1-4H3,(H,20,22)/t13-,14-,15-,16?,18?,19+/m1/s1. The molecule has 2 saturated heterocycles. The van der Waals surface area contributed by atoms with Crippen molar-refractivity contribution < 1.29 is 28.8 Å². The number of allylic oxidation sites excluding steroid dienone is 1. The topological polar surface area (TPSA) is 92.9 Å². The Morgan fingerprint density at radius 2 is 2.19 bits per heavy atom. The van der Waals surface area contributed by atoms with Crippen molar-refractivity contribution in [2.75, 3.05) is 26.9 Å². The summed E-state index contributed by atoms with van der Waals surface area (Å²) in [5, 5.41) is 11.4. The van der Waals surface area contributed by atoms with Crippen LogP contribution in [0.1, 0.15) is 33.6 Å². The molecule has 2 unspecified atom stereocenters. The van der Waals surface area contributed by atoms with Crippen LogP contribution in [0.25, 0.3) is 0 Å². The number of nitrogens with one attached hydrogen (secondary N) is 1. The second kappa shape index (κ2) is 7.46. The Labute approximate surface area is 155 Å². The summed E-state index contributed by atoms with van der Waals surface area (Å²) in [5.41, 5.74) is -0.622. The molecular formula is C19H31NO6. The smallest absolute Gasteiger partial charge is 0.407 e. The van der Waals surface area contributed by atoms with Crippen molar-refractivity contribution in [2.24, 2.45) is 11.8 Å². The maximum absolute atomic E-state index is 11.9. The zero-order chi connectivity index (χ0) is 18.9. The van der Waals surface area contributed by atoms with E-state index in [0.29, 0.717) is 18.9 Å². The van der Waals surface area contributed by atoms with Crippen molar-refractivity contribution in [1.29, 1.82) is 0 Å². The Kier molecular flexibility index (Phi) is 5.63. The predicted octanol–water partition coefficient (Wildman–Crippen LogP) is 1.64. The number of amides is 1. The molecular weight excluding hydrogens is 338 g/mol. The molecule has 26 heavy (non-hydrogen) atoms. The van der Waals surface area contributed by atoms with Crippen LogP contribution >= 0.6 is 0 Å². The molecule has 0 aromatic heterocycles. The number of epoxide rings is 2. The maximum Gasteiger partial charge on any atom is 0.407 e. The van der Waals surface area contributed by atoms with Crippen LogP contribution in [0, 0.1) is 11.8 Å². The number of alkyl carbamates (subject to hydrolysis) is 1. The van der Waals surface area contributed by atoms with Gasteiger partial charge in [-0.05, 0) is 25.7 Å². The van der Waals surface area contributed by atoms with Crippen LogP contribution in [0.4, 0.5) is 4.79 Å². The fourth-order valence-corrected chi connectivity index (χ4v) is 4.28. The van der Waals surface area contributed by atoms with Crippen molar-refractivity contribution in [3.05, 3.63) is 12.2 Å². The first-order chi connectivity index (χ1) is 12.4. The number of hydrogen-bond acceptors (Lipinski definition) is 6. The summed E-state index contributed by atoms with van der Waals surface area (Å²) in [4.78, 5) is 11.9. The van der Waals surface area contributed by atoms with E-state index in [1.54, 1.807) is 7.11 Å². The molecule has 1 spiro atoms. The molecule has 1 saturated carbocycles. The van der Waals surface area contributed by atoms with E-state index in [1.807, 2.05) is 0 Å². The van der Waals surface area contributed by atoms with E-state index in [-0.39, 0.29) is 48.6 Å². The van der Waals surface area contributed by atoms with E-state index >= 15 is 0 Å². The Hall–Kier alpha value is -1.15. The second-order valence-electron chi connectivity index (χ2n) is 8.02. The summed E-state index contributed by atoms with van der Waals surface area (Å²) in [5.74, 6) is 0.455. The summed E-state index contributed by atoms with van der Waals surface area (Å²) < 4.78 is 23.3. The third-order valence-electron chi connectivity index (χ3n) is 5.72. The molecule has 2 aliphatic heterocycles. The van der Waals surface area contributed by atoms with Gasteiger partial charge in [-0.1, -0.05) is 26.0 Å². The molecule has 0 bridgehead atoms. The van der Waals surface area contributed by atoms with Gasteiger partial charge in [0.1, 0.15) is 29.5 Å². The number of aliphatic hydroxyl groups is 1. The number of rotatable bonds is 7. The normalized spacial score (nSPS) is 41.6. The van der Waals surface area contributed by atoms with Crippen LogP contribution in [-0.2, 0) is 18.9 Å². The van der Waals surface area contributed by atoms with Crippen LogP contribution < -0.4 is 5.32 Å². The van der Waals surface area contributed by atoms with Crippen molar-refractivity contribution in [3.63, 3.8) is 0 Å². The van der Waals surface area contributed by atoms with Crippen LogP contribution in [0.2, 0.25) is 0 Å². The first kappa shape index (κ1) is 19.6. The van der Waals surface area contributed by atoms with Gasteiger partial charge in [0, 0.05) is 13.7 Å². The minimum absolute atomic E-state index is 0.00814. The van der Waals surface area contributed by atoms with E-state index in [2.05, 4.69) is 38.2 Å². The van der Waals surface area contributed by atoms with E-state index in [1.165, 1.54) is 0 Å². The number of aliphatic hydroxyl groups excluding tert-OH is 1. The van der Waals surface area contributed by atoms with Crippen LogP contribution in [-0.4, -0.2) is 67.6 Å². The van der Waals surface area contributed by atoms with E-state index in [4.69, 9.17) is 24.1 Å². The highest BCUT2D eigenvalue weighted by Crippen LogP contribution is 2.59. The van der Waals surface area contributed by atoms with Crippen molar-refractivity contribution in [1.82, 2.24) is 5.32 Å². The SMILES string of the molecule is CO[C@H]1C(C2(C)O[C@@H]2C=CC(C)C)[C@]2(CC[C@H]1OC(=O)NCCO)CO2. The number of carbonyl (C=O) groups excluding carboxylic acids is 1. The summed E-state index contributed by atoms with van der Waals surface area (Å²) in [6.07, 6.45) is 4.59. The highest BCUT2D eigenvalue weighted by atomic mass is 16.6. The molecule has 3 aliphatic rings. The molecule has 1 aliphatic carbocycles. The largest absolute Gasteiger partial charge is 0.443 e. The number of hydrogen-bond donors (Lipinski definition) is 2. The second-order valence-corrected chi connectivity index (χ2v) is 8.02. The lowest BCUT2D eigenvalue weighted by Gasteiger charge is -2.42. The molecule has 1 amide bonds. The van der Waals surface area contributed by atoms with Gasteiger partial charge in [0.05, 0.1) is 19.1 Å². The quantitative estimate of drug-likeness (QED) is 0.523. The molecule has 0 radical (unpaired) electrons. The minimum Gasteiger partial charge on any atom is -0.443 e. The highest BCUT2D eigenvalue weighted by molar-refractivity contribution is 5.67. The Balaban J connectivity index is 1.73. The minimum atomic E-state index is -0.532. The van der Waals surface area contributed by atoms with Gasteiger partial charge in [0.15, 0.2) is 0 Å². The maximum atomic E-state index is 11.9. The lowest BCUT2D eigenvalue weighted by atomic mass is 9.68. The molecule has 3 rings (SSSR count). The molecule has 148 valence electrons. The van der Waals surface area contributed by atoms with Crippen LogP contribution in [0.15, 0.2) is 12.2 Å². The van der Waals surface area contributed by atoms with Gasteiger partial charge in [0.2, 0.25) is 0 Å². The molecule has 0 aromatic carbocycles. The average Bonchev–Trinajstić information content (AvgIpc) is 3.50. The van der Waals surface area contributed by atoms with Gasteiger partial charge in [-0.3, -0.25) is 0 Å². The van der Waals surface area contributed by atoms with E-state index in [9.17, 15) is 4.79 Å². The first-order valence-electron chi connectivity index (χ1n) is 9.44. The first-order valence-corrected chi connectivity index (χ1v) is 9.44. The highest BCUT2D eigenvalue weighted by Gasteiger charge is 2.72. The predicted molar refractivity (Wildman–Crippen MR) is 94.8 cm³/mol. The van der Waals surface area contributed by atoms with E-state index in [0.717, 1.165) is 6.42 Å². The average molecular weight is 369 g/mol. The van der Waals surface area contributed by atoms with Crippen molar-refractivity contribution >= 4 is 6.09 Å².